The van der Waals surface area contributed by atoms with Crippen LogP contribution in [0.2, 0.25) is 0 Å². The second kappa shape index (κ2) is 8.41. The van der Waals surface area contributed by atoms with Gasteiger partial charge in [0.15, 0.2) is 0 Å². The van der Waals surface area contributed by atoms with Crippen LogP contribution in [0.1, 0.15) is 22.6 Å². The zero-order valence-electron chi connectivity index (χ0n) is 13.5. The smallest absolute Gasteiger partial charge is 0.230 e. The minimum atomic E-state index is -0.275. The Morgan fingerprint density at radius 3 is 2.67 bits per heavy atom. The number of nitrogens with one attached hydrogen (secondary N) is 1. The van der Waals surface area contributed by atoms with Gasteiger partial charge in [0, 0.05) is 6.54 Å². The topological polar surface area (TPSA) is 78.7 Å². The molecule has 7 heteroatoms. The lowest BCUT2D eigenvalue weighted by atomic mass is 10.1. The molecule has 0 fully saturated rings. The molecule has 1 aromatic carbocycles. The lowest BCUT2D eigenvalue weighted by molar-refractivity contribution is -0.118. The molecule has 0 spiro atoms. The van der Waals surface area contributed by atoms with Gasteiger partial charge < -0.3 is 5.32 Å². The Morgan fingerprint density at radius 2 is 2.00 bits per heavy atom. The van der Waals surface area contributed by atoms with E-state index in [1.807, 2.05) is 0 Å². The summed E-state index contributed by atoms with van der Waals surface area (Å²) < 4.78 is 12.8. The van der Waals surface area contributed by atoms with E-state index in [1.165, 1.54) is 23.9 Å². The number of rotatable bonds is 6. The molecule has 0 unspecified atom stereocenters. The fourth-order valence-corrected chi connectivity index (χ4v) is 3.00. The monoisotopic (exact) mass is 344 g/mol. The fraction of sp³-hybridized carbons (Fsp3) is 0.294. The molecule has 24 heavy (non-hydrogen) atoms. The number of amides is 1. The molecule has 1 heterocycles. The maximum atomic E-state index is 12.8. The summed E-state index contributed by atoms with van der Waals surface area (Å²) in [5.74, 6) is 0.335. The molecule has 0 atom stereocenters. The Bertz CT molecular complexity index is 771. The number of aryl methyl sites for hydroxylation is 2. The second-order valence-electron chi connectivity index (χ2n) is 5.16. The zero-order valence-corrected chi connectivity index (χ0v) is 14.3. The summed E-state index contributed by atoms with van der Waals surface area (Å²) in [7, 11) is 0. The van der Waals surface area contributed by atoms with Crippen molar-refractivity contribution < 1.29 is 9.18 Å². The van der Waals surface area contributed by atoms with E-state index in [1.54, 1.807) is 26.0 Å². The highest BCUT2D eigenvalue weighted by atomic mass is 32.2. The first-order valence-electron chi connectivity index (χ1n) is 7.39. The number of thioether (sulfide) groups is 1. The third kappa shape index (κ3) is 5.03. The van der Waals surface area contributed by atoms with Gasteiger partial charge in [-0.05, 0) is 38.0 Å². The predicted molar refractivity (Wildman–Crippen MR) is 90.1 cm³/mol. The Kier molecular flexibility index (Phi) is 6.27. The first-order chi connectivity index (χ1) is 11.5. The van der Waals surface area contributed by atoms with Crippen LogP contribution < -0.4 is 5.32 Å². The van der Waals surface area contributed by atoms with Gasteiger partial charge in [-0.15, -0.1) is 0 Å². The predicted octanol–water partition coefficient (Wildman–Crippen LogP) is 2.56. The number of hydrogen-bond acceptors (Lipinski definition) is 5. The molecule has 5 nitrogen and oxygen atoms in total. The third-order valence-corrected chi connectivity index (χ3v) is 4.24. The summed E-state index contributed by atoms with van der Waals surface area (Å²) in [6.07, 6.45) is 0.631. The van der Waals surface area contributed by atoms with Gasteiger partial charge in [0.25, 0.3) is 0 Å². The molecular formula is C17H17FN4OS. The van der Waals surface area contributed by atoms with Gasteiger partial charge in [0.2, 0.25) is 5.91 Å². The molecule has 0 aliphatic rings. The molecular weight excluding hydrogens is 327 g/mol. The summed E-state index contributed by atoms with van der Waals surface area (Å²) >= 11 is 1.22. The van der Waals surface area contributed by atoms with Crippen LogP contribution in [0, 0.1) is 31.0 Å². The van der Waals surface area contributed by atoms with E-state index < -0.39 is 0 Å². The van der Waals surface area contributed by atoms with E-state index in [0.29, 0.717) is 35.1 Å². The molecule has 2 aromatic rings. The Labute approximate surface area is 144 Å². The zero-order chi connectivity index (χ0) is 17.5. The molecule has 124 valence electrons. The summed E-state index contributed by atoms with van der Waals surface area (Å²) in [4.78, 5) is 20.3. The number of halogens is 1. The number of aromatic nitrogens is 2. The number of carbonyl (C=O) groups excluding carboxylic acids is 1. The van der Waals surface area contributed by atoms with Crippen LogP contribution in [0.25, 0.3) is 0 Å². The van der Waals surface area contributed by atoms with Gasteiger partial charge in [-0.2, -0.15) is 5.26 Å². The molecule has 1 aromatic heterocycles. The Balaban J connectivity index is 1.83. The van der Waals surface area contributed by atoms with Crippen molar-refractivity contribution in [2.24, 2.45) is 0 Å². The first-order valence-corrected chi connectivity index (χ1v) is 8.37. The number of nitrogens with zero attached hydrogens (tertiary/aromatic N) is 3. The maximum Gasteiger partial charge on any atom is 0.230 e. The summed E-state index contributed by atoms with van der Waals surface area (Å²) in [6, 6.07) is 8.27. The van der Waals surface area contributed by atoms with Crippen molar-refractivity contribution in [2.45, 2.75) is 25.3 Å². The lowest BCUT2D eigenvalue weighted by Crippen LogP contribution is -2.27. The SMILES string of the molecule is Cc1nc(C)c(C#N)c(SCC(=O)NCCc2ccc(F)cc2)n1. The van der Waals surface area contributed by atoms with E-state index in [-0.39, 0.29) is 17.5 Å². The van der Waals surface area contributed by atoms with Gasteiger partial charge in [0.05, 0.1) is 11.4 Å². The van der Waals surface area contributed by atoms with Crippen molar-refractivity contribution in [3.8, 4) is 6.07 Å². The Morgan fingerprint density at radius 1 is 1.29 bits per heavy atom. The molecule has 0 saturated heterocycles. The highest BCUT2D eigenvalue weighted by molar-refractivity contribution is 8.00. The standard InChI is InChI=1S/C17H17FN4OS/c1-11-15(9-19)17(22-12(2)21-11)24-10-16(23)20-8-7-13-3-5-14(18)6-4-13/h3-6H,7-8,10H2,1-2H3,(H,20,23). The highest BCUT2D eigenvalue weighted by Gasteiger charge is 2.12. The molecule has 0 aliphatic heterocycles. The lowest BCUT2D eigenvalue weighted by Gasteiger charge is -2.07. The average Bonchev–Trinajstić information content (AvgIpc) is 2.54. The minimum Gasteiger partial charge on any atom is -0.355 e. The highest BCUT2D eigenvalue weighted by Crippen LogP contribution is 2.21. The quantitative estimate of drug-likeness (QED) is 0.643. The van der Waals surface area contributed by atoms with Crippen LogP contribution in [0.5, 0.6) is 0 Å². The molecule has 1 N–H and O–H groups in total. The maximum absolute atomic E-state index is 12.8. The van der Waals surface area contributed by atoms with Crippen LogP contribution in [0.4, 0.5) is 4.39 Å². The van der Waals surface area contributed by atoms with Crippen molar-refractivity contribution in [3.63, 3.8) is 0 Å². The first kappa shape index (κ1) is 17.9. The number of nitriles is 1. The van der Waals surface area contributed by atoms with Gasteiger partial charge in [-0.1, -0.05) is 23.9 Å². The van der Waals surface area contributed by atoms with Gasteiger partial charge in [-0.3, -0.25) is 4.79 Å². The molecule has 0 bridgehead atoms. The van der Waals surface area contributed by atoms with Crippen molar-refractivity contribution >= 4 is 17.7 Å². The van der Waals surface area contributed by atoms with E-state index in [2.05, 4.69) is 21.4 Å². The fourth-order valence-electron chi connectivity index (χ4n) is 2.10. The Hall–Kier alpha value is -2.46. The van der Waals surface area contributed by atoms with Gasteiger partial charge in [-0.25, -0.2) is 14.4 Å². The van der Waals surface area contributed by atoms with Crippen molar-refractivity contribution in [1.82, 2.24) is 15.3 Å². The minimum absolute atomic E-state index is 0.139. The van der Waals surface area contributed by atoms with Gasteiger partial charge in [0.1, 0.15) is 28.3 Å². The van der Waals surface area contributed by atoms with Crippen molar-refractivity contribution in [1.29, 1.82) is 5.26 Å². The summed E-state index contributed by atoms with van der Waals surface area (Å²) in [6.45, 7) is 3.97. The molecule has 0 radical (unpaired) electrons. The van der Waals surface area contributed by atoms with Gasteiger partial charge >= 0.3 is 0 Å². The van der Waals surface area contributed by atoms with Crippen molar-refractivity contribution in [3.05, 3.63) is 52.7 Å². The molecule has 2 rings (SSSR count). The van der Waals surface area contributed by atoms with Crippen LogP contribution in [-0.4, -0.2) is 28.2 Å². The van der Waals surface area contributed by atoms with Crippen LogP contribution in [-0.2, 0) is 11.2 Å². The van der Waals surface area contributed by atoms with E-state index in [9.17, 15) is 14.4 Å². The van der Waals surface area contributed by atoms with E-state index in [4.69, 9.17) is 0 Å². The number of carbonyl (C=O) groups is 1. The number of hydrogen-bond donors (Lipinski definition) is 1. The second-order valence-corrected chi connectivity index (χ2v) is 6.13. The summed E-state index contributed by atoms with van der Waals surface area (Å²) in [5, 5.41) is 12.5. The largest absolute Gasteiger partial charge is 0.355 e. The van der Waals surface area contributed by atoms with Crippen molar-refractivity contribution in [2.75, 3.05) is 12.3 Å². The van der Waals surface area contributed by atoms with E-state index >= 15 is 0 Å². The van der Waals surface area contributed by atoms with Crippen LogP contribution >= 0.6 is 11.8 Å². The molecule has 0 saturated carbocycles. The molecule has 0 aliphatic carbocycles. The van der Waals surface area contributed by atoms with E-state index in [0.717, 1.165) is 5.56 Å². The number of benzene rings is 1. The van der Waals surface area contributed by atoms with Crippen LogP contribution in [0.3, 0.4) is 0 Å². The normalized spacial score (nSPS) is 10.2. The average molecular weight is 344 g/mol. The van der Waals surface area contributed by atoms with Crippen LogP contribution in [0.15, 0.2) is 29.3 Å². The third-order valence-electron chi connectivity index (χ3n) is 3.27. The summed E-state index contributed by atoms with van der Waals surface area (Å²) in [5.41, 5.74) is 1.98. The molecule has 1 amide bonds.